The molecule has 0 spiro atoms. The zero-order valence-electron chi connectivity index (χ0n) is 17.2. The maximum atomic E-state index is 12.8. The number of nitrogens with zero attached hydrogens (tertiary/aromatic N) is 7. The van der Waals surface area contributed by atoms with Crippen molar-refractivity contribution in [3.05, 3.63) is 30.1 Å². The van der Waals surface area contributed by atoms with Crippen molar-refractivity contribution >= 4 is 16.7 Å². The van der Waals surface area contributed by atoms with Gasteiger partial charge >= 0.3 is 0 Å². The van der Waals surface area contributed by atoms with E-state index in [1.54, 1.807) is 17.9 Å². The standard InChI is InChI=1S/C21H27N7O/c1-14(2)13-28-8-6-15(7-9-28)20(29)11-17-10-19-16(12-22-17)4-5-18(23-19)21-24-25-26-27(21)3/h4-5,10,12,14-15H,6-9,11,13H2,1-3H3. The molecule has 0 saturated carbocycles. The molecule has 152 valence electrons. The average molecular weight is 393 g/mol. The smallest absolute Gasteiger partial charge is 0.200 e. The number of rotatable bonds is 6. The average Bonchev–Trinajstić information content (AvgIpc) is 3.13. The van der Waals surface area contributed by atoms with Crippen LogP contribution in [-0.4, -0.2) is 60.5 Å². The maximum Gasteiger partial charge on any atom is 0.200 e. The molecule has 0 bridgehead atoms. The molecular weight excluding hydrogens is 366 g/mol. The Morgan fingerprint density at radius 1 is 1.24 bits per heavy atom. The summed E-state index contributed by atoms with van der Waals surface area (Å²) >= 11 is 0. The first-order valence-corrected chi connectivity index (χ1v) is 10.2. The Morgan fingerprint density at radius 3 is 2.72 bits per heavy atom. The molecule has 4 rings (SSSR count). The number of pyridine rings is 2. The van der Waals surface area contributed by atoms with Gasteiger partial charge in [-0.15, -0.1) is 5.10 Å². The summed E-state index contributed by atoms with van der Waals surface area (Å²) < 4.78 is 1.59. The molecule has 3 aromatic heterocycles. The molecule has 4 heterocycles. The van der Waals surface area contributed by atoms with E-state index in [4.69, 9.17) is 0 Å². The van der Waals surface area contributed by atoms with Crippen LogP contribution in [0.4, 0.5) is 0 Å². The fraction of sp³-hybridized carbons (Fsp3) is 0.524. The van der Waals surface area contributed by atoms with Gasteiger partial charge in [-0.2, -0.15) is 0 Å². The van der Waals surface area contributed by atoms with E-state index in [1.807, 2.05) is 18.2 Å². The highest BCUT2D eigenvalue weighted by molar-refractivity contribution is 5.85. The Labute approximate surface area is 170 Å². The van der Waals surface area contributed by atoms with Crippen molar-refractivity contribution in [1.82, 2.24) is 35.1 Å². The Bertz CT molecular complexity index is 1010. The molecule has 0 radical (unpaired) electrons. The first-order valence-electron chi connectivity index (χ1n) is 10.2. The highest BCUT2D eigenvalue weighted by atomic mass is 16.1. The summed E-state index contributed by atoms with van der Waals surface area (Å²) in [6.07, 6.45) is 4.04. The molecular formula is C21H27N7O. The van der Waals surface area contributed by atoms with Gasteiger partial charge in [-0.05, 0) is 60.5 Å². The van der Waals surface area contributed by atoms with Gasteiger partial charge in [0.25, 0.3) is 0 Å². The number of Topliss-reactive ketones (excluding diaryl/α,β-unsaturated/α-hetero) is 1. The van der Waals surface area contributed by atoms with Crippen LogP contribution < -0.4 is 0 Å². The molecule has 0 aromatic carbocycles. The Kier molecular flexibility index (Phi) is 5.62. The third-order valence-corrected chi connectivity index (χ3v) is 5.50. The Hall–Kier alpha value is -2.74. The van der Waals surface area contributed by atoms with E-state index in [1.165, 1.54) is 0 Å². The van der Waals surface area contributed by atoms with Crippen LogP contribution in [-0.2, 0) is 18.3 Å². The summed E-state index contributed by atoms with van der Waals surface area (Å²) in [4.78, 5) is 24.5. The summed E-state index contributed by atoms with van der Waals surface area (Å²) in [6, 6.07) is 5.75. The fourth-order valence-corrected chi connectivity index (χ4v) is 4.00. The second-order valence-corrected chi connectivity index (χ2v) is 8.30. The van der Waals surface area contributed by atoms with Gasteiger partial charge in [0.2, 0.25) is 0 Å². The number of hydrogen-bond acceptors (Lipinski definition) is 7. The van der Waals surface area contributed by atoms with Gasteiger partial charge in [-0.3, -0.25) is 9.78 Å². The summed E-state index contributed by atoms with van der Waals surface area (Å²) in [5.74, 6) is 1.70. The van der Waals surface area contributed by atoms with E-state index < -0.39 is 0 Å². The van der Waals surface area contributed by atoms with Crippen molar-refractivity contribution in [2.45, 2.75) is 33.1 Å². The van der Waals surface area contributed by atoms with Crippen molar-refractivity contribution in [2.75, 3.05) is 19.6 Å². The third kappa shape index (κ3) is 4.48. The Balaban J connectivity index is 1.45. The molecule has 0 amide bonds. The van der Waals surface area contributed by atoms with Crippen LogP contribution in [0.1, 0.15) is 32.4 Å². The third-order valence-electron chi connectivity index (χ3n) is 5.50. The highest BCUT2D eigenvalue weighted by Crippen LogP contribution is 2.22. The topological polar surface area (TPSA) is 89.7 Å². The SMILES string of the molecule is CC(C)CN1CCC(C(=O)Cc2cc3nc(-c4nnnn4C)ccc3cn2)CC1. The number of tetrazole rings is 1. The van der Waals surface area contributed by atoms with Gasteiger partial charge in [-0.25, -0.2) is 9.67 Å². The van der Waals surface area contributed by atoms with Crippen LogP contribution in [0.25, 0.3) is 22.4 Å². The van der Waals surface area contributed by atoms with Crippen LogP contribution in [0.15, 0.2) is 24.4 Å². The van der Waals surface area contributed by atoms with Gasteiger partial charge in [0.05, 0.1) is 5.52 Å². The summed E-state index contributed by atoms with van der Waals surface area (Å²) in [5.41, 5.74) is 2.27. The maximum absolute atomic E-state index is 12.8. The lowest BCUT2D eigenvalue weighted by Gasteiger charge is -2.32. The number of hydrogen-bond donors (Lipinski definition) is 0. The predicted octanol–water partition coefficient (Wildman–Crippen LogP) is 2.30. The predicted molar refractivity (Wildman–Crippen MR) is 110 cm³/mol. The lowest BCUT2D eigenvalue weighted by molar-refractivity contribution is -0.123. The minimum Gasteiger partial charge on any atom is -0.303 e. The number of fused-ring (bicyclic) bond motifs is 1. The fourth-order valence-electron chi connectivity index (χ4n) is 4.00. The largest absolute Gasteiger partial charge is 0.303 e. The van der Waals surface area contributed by atoms with Crippen molar-refractivity contribution in [2.24, 2.45) is 18.9 Å². The van der Waals surface area contributed by atoms with E-state index in [0.717, 1.165) is 49.1 Å². The minimum atomic E-state index is 0.139. The number of ketones is 1. The van der Waals surface area contributed by atoms with Crippen molar-refractivity contribution in [1.29, 1.82) is 0 Å². The highest BCUT2D eigenvalue weighted by Gasteiger charge is 2.25. The number of carbonyl (C=O) groups is 1. The van der Waals surface area contributed by atoms with Crippen molar-refractivity contribution < 1.29 is 4.79 Å². The van der Waals surface area contributed by atoms with Gasteiger partial charge in [0.15, 0.2) is 5.82 Å². The zero-order valence-corrected chi connectivity index (χ0v) is 17.2. The quantitative estimate of drug-likeness (QED) is 0.635. The van der Waals surface area contributed by atoms with Crippen molar-refractivity contribution in [3.63, 3.8) is 0 Å². The number of aryl methyl sites for hydroxylation is 1. The van der Waals surface area contributed by atoms with Crippen LogP contribution in [0.2, 0.25) is 0 Å². The number of piperidine rings is 1. The molecule has 29 heavy (non-hydrogen) atoms. The minimum absolute atomic E-state index is 0.139. The molecule has 0 unspecified atom stereocenters. The molecule has 8 heteroatoms. The van der Waals surface area contributed by atoms with Crippen LogP contribution in [0.3, 0.4) is 0 Å². The lowest BCUT2D eigenvalue weighted by Crippen LogP contribution is -2.38. The van der Waals surface area contributed by atoms with E-state index in [0.29, 0.717) is 23.9 Å². The van der Waals surface area contributed by atoms with E-state index in [-0.39, 0.29) is 11.7 Å². The van der Waals surface area contributed by atoms with Gasteiger partial charge in [-0.1, -0.05) is 13.8 Å². The number of carbonyl (C=O) groups excluding carboxylic acids is 1. The molecule has 0 aliphatic carbocycles. The van der Waals surface area contributed by atoms with E-state index in [9.17, 15) is 4.79 Å². The molecule has 3 aromatic rings. The first-order chi connectivity index (χ1) is 14.0. The van der Waals surface area contributed by atoms with Gasteiger partial charge in [0, 0.05) is 43.2 Å². The van der Waals surface area contributed by atoms with E-state index in [2.05, 4.69) is 44.2 Å². The molecule has 1 saturated heterocycles. The lowest BCUT2D eigenvalue weighted by atomic mass is 9.90. The van der Waals surface area contributed by atoms with Crippen LogP contribution in [0.5, 0.6) is 0 Å². The number of aromatic nitrogens is 6. The first kappa shape index (κ1) is 19.6. The van der Waals surface area contributed by atoms with Gasteiger partial charge in [0.1, 0.15) is 11.5 Å². The zero-order chi connectivity index (χ0) is 20.4. The summed E-state index contributed by atoms with van der Waals surface area (Å²) in [5, 5.41) is 12.5. The van der Waals surface area contributed by atoms with E-state index >= 15 is 0 Å². The molecule has 1 fully saturated rings. The molecule has 1 aliphatic rings. The molecule has 0 atom stereocenters. The normalized spacial score (nSPS) is 16.0. The number of likely N-dealkylation sites (tertiary alicyclic amines) is 1. The summed E-state index contributed by atoms with van der Waals surface area (Å²) in [6.45, 7) is 7.61. The van der Waals surface area contributed by atoms with Crippen LogP contribution in [0, 0.1) is 11.8 Å². The van der Waals surface area contributed by atoms with Crippen LogP contribution >= 0.6 is 0 Å². The second kappa shape index (κ2) is 8.32. The second-order valence-electron chi connectivity index (χ2n) is 8.30. The monoisotopic (exact) mass is 393 g/mol. The molecule has 1 aliphatic heterocycles. The Morgan fingerprint density at radius 2 is 2.03 bits per heavy atom. The summed E-state index contributed by atoms with van der Waals surface area (Å²) in [7, 11) is 1.78. The molecule has 8 nitrogen and oxygen atoms in total. The molecule has 0 N–H and O–H groups in total. The van der Waals surface area contributed by atoms with Gasteiger partial charge < -0.3 is 4.90 Å². The van der Waals surface area contributed by atoms with Crippen molar-refractivity contribution in [3.8, 4) is 11.5 Å².